The smallest absolute Gasteiger partial charge is 0.134 e. The number of hydrogen-bond donors (Lipinski definition) is 2. The van der Waals surface area contributed by atoms with E-state index >= 15 is 0 Å². The highest BCUT2D eigenvalue weighted by atomic mass is 15.1. The Morgan fingerprint density at radius 3 is 2.56 bits per heavy atom. The van der Waals surface area contributed by atoms with Gasteiger partial charge in [0.1, 0.15) is 18.0 Å². The van der Waals surface area contributed by atoms with Crippen LogP contribution in [0, 0.1) is 5.92 Å². The molecule has 88 valence electrons. The van der Waals surface area contributed by atoms with Gasteiger partial charge in [-0.25, -0.2) is 9.97 Å². The number of aromatic nitrogens is 2. The van der Waals surface area contributed by atoms with E-state index in [2.05, 4.69) is 34.4 Å². The van der Waals surface area contributed by atoms with Crippen LogP contribution in [-0.4, -0.2) is 23.1 Å². The van der Waals surface area contributed by atoms with E-state index in [-0.39, 0.29) is 0 Å². The molecule has 0 spiro atoms. The van der Waals surface area contributed by atoms with Gasteiger partial charge in [-0.1, -0.05) is 13.8 Å². The van der Waals surface area contributed by atoms with Gasteiger partial charge >= 0.3 is 0 Å². The number of nitrogens with zero attached hydrogens (tertiary/aromatic N) is 2. The minimum atomic E-state index is 0.597. The first-order valence-electron chi connectivity index (χ1n) is 6.02. The lowest BCUT2D eigenvalue weighted by Gasteiger charge is -2.34. The molecule has 4 heteroatoms. The van der Waals surface area contributed by atoms with E-state index < -0.39 is 0 Å². The van der Waals surface area contributed by atoms with Crippen LogP contribution >= 0.6 is 0 Å². The summed E-state index contributed by atoms with van der Waals surface area (Å²) >= 11 is 0. The molecule has 16 heavy (non-hydrogen) atoms. The highest BCUT2D eigenvalue weighted by molar-refractivity contribution is 5.57. The van der Waals surface area contributed by atoms with Crippen LogP contribution in [0.15, 0.2) is 6.33 Å². The highest BCUT2D eigenvalue weighted by Gasteiger charge is 2.26. The molecule has 0 aliphatic heterocycles. The van der Waals surface area contributed by atoms with E-state index in [1.165, 1.54) is 18.4 Å². The van der Waals surface area contributed by atoms with Crippen molar-refractivity contribution in [2.45, 2.75) is 39.2 Å². The van der Waals surface area contributed by atoms with Gasteiger partial charge in [-0.05, 0) is 25.2 Å². The number of anilines is 2. The molecule has 1 saturated carbocycles. The molecular formula is C12H20N4. The van der Waals surface area contributed by atoms with Crippen molar-refractivity contribution < 1.29 is 0 Å². The molecule has 1 heterocycles. The Hall–Kier alpha value is -1.32. The van der Waals surface area contributed by atoms with Crippen molar-refractivity contribution in [3.8, 4) is 0 Å². The summed E-state index contributed by atoms with van der Waals surface area (Å²) in [5, 5.41) is 6.63. The lowest BCUT2D eigenvalue weighted by atomic mass is 9.82. The van der Waals surface area contributed by atoms with Crippen molar-refractivity contribution in [3.63, 3.8) is 0 Å². The van der Waals surface area contributed by atoms with Crippen molar-refractivity contribution in [2.24, 2.45) is 5.92 Å². The molecule has 0 saturated heterocycles. The normalized spacial score (nSPS) is 23.7. The highest BCUT2D eigenvalue weighted by Crippen LogP contribution is 2.30. The lowest BCUT2D eigenvalue weighted by molar-refractivity contribution is 0.308. The molecule has 1 fully saturated rings. The molecule has 1 aliphatic rings. The Balaban J connectivity index is 2.13. The quantitative estimate of drug-likeness (QED) is 0.817. The van der Waals surface area contributed by atoms with Crippen molar-refractivity contribution in [1.82, 2.24) is 9.97 Å². The molecule has 0 bridgehead atoms. The molecule has 0 atom stereocenters. The van der Waals surface area contributed by atoms with Crippen LogP contribution in [-0.2, 0) is 6.42 Å². The van der Waals surface area contributed by atoms with Crippen LogP contribution in [0.3, 0.4) is 0 Å². The molecule has 0 aromatic carbocycles. The molecule has 2 N–H and O–H groups in total. The van der Waals surface area contributed by atoms with Crippen LogP contribution in [0.5, 0.6) is 0 Å². The third kappa shape index (κ3) is 2.10. The van der Waals surface area contributed by atoms with Crippen LogP contribution in [0.4, 0.5) is 11.6 Å². The molecular weight excluding hydrogens is 200 g/mol. The Morgan fingerprint density at radius 2 is 2.00 bits per heavy atom. The van der Waals surface area contributed by atoms with Crippen molar-refractivity contribution >= 4 is 11.6 Å². The molecule has 1 aromatic heterocycles. The topological polar surface area (TPSA) is 49.8 Å². The molecule has 1 aromatic rings. The van der Waals surface area contributed by atoms with E-state index in [1.54, 1.807) is 6.33 Å². The minimum absolute atomic E-state index is 0.597. The van der Waals surface area contributed by atoms with Gasteiger partial charge < -0.3 is 10.6 Å². The van der Waals surface area contributed by atoms with E-state index in [9.17, 15) is 0 Å². The Morgan fingerprint density at radius 1 is 1.31 bits per heavy atom. The van der Waals surface area contributed by atoms with E-state index in [0.29, 0.717) is 6.04 Å². The van der Waals surface area contributed by atoms with Gasteiger partial charge in [0, 0.05) is 18.7 Å². The largest absolute Gasteiger partial charge is 0.373 e. The number of hydrogen-bond acceptors (Lipinski definition) is 4. The predicted molar refractivity (Wildman–Crippen MR) is 66.8 cm³/mol. The summed E-state index contributed by atoms with van der Waals surface area (Å²) in [5.74, 6) is 2.79. The summed E-state index contributed by atoms with van der Waals surface area (Å²) in [5.41, 5.74) is 1.18. The summed E-state index contributed by atoms with van der Waals surface area (Å²) in [7, 11) is 1.90. The zero-order valence-corrected chi connectivity index (χ0v) is 10.2. The average Bonchev–Trinajstić information content (AvgIpc) is 2.26. The fourth-order valence-electron chi connectivity index (χ4n) is 2.30. The zero-order valence-electron chi connectivity index (χ0n) is 10.2. The monoisotopic (exact) mass is 220 g/mol. The van der Waals surface area contributed by atoms with E-state index in [1.807, 2.05) is 7.05 Å². The van der Waals surface area contributed by atoms with Gasteiger partial charge in [-0.15, -0.1) is 0 Å². The lowest BCUT2D eigenvalue weighted by Crippen LogP contribution is -2.34. The van der Waals surface area contributed by atoms with Gasteiger partial charge in [0.2, 0.25) is 0 Å². The maximum absolute atomic E-state index is 4.34. The third-order valence-electron chi connectivity index (χ3n) is 3.25. The molecule has 0 radical (unpaired) electrons. The fraction of sp³-hybridized carbons (Fsp3) is 0.667. The van der Waals surface area contributed by atoms with Crippen LogP contribution < -0.4 is 10.6 Å². The third-order valence-corrected chi connectivity index (χ3v) is 3.25. The standard InChI is InChI=1S/C12H20N4/c1-4-10-11(13-3)14-7-15-12(10)16-9-5-8(2)6-9/h7-9H,4-6H2,1-3H3,(H2,13,14,15,16). The van der Waals surface area contributed by atoms with E-state index in [4.69, 9.17) is 0 Å². The van der Waals surface area contributed by atoms with Gasteiger partial charge in [-0.2, -0.15) is 0 Å². The second kappa shape index (κ2) is 4.68. The summed E-state index contributed by atoms with van der Waals surface area (Å²) in [6.07, 6.45) is 5.07. The second-order valence-electron chi connectivity index (χ2n) is 4.57. The molecule has 4 nitrogen and oxygen atoms in total. The summed E-state index contributed by atoms with van der Waals surface area (Å²) in [6.45, 7) is 4.42. The minimum Gasteiger partial charge on any atom is -0.373 e. The van der Waals surface area contributed by atoms with Crippen LogP contribution in [0.25, 0.3) is 0 Å². The molecule has 1 aliphatic carbocycles. The maximum Gasteiger partial charge on any atom is 0.134 e. The summed E-state index contributed by atoms with van der Waals surface area (Å²) in [6, 6.07) is 0.597. The fourth-order valence-corrected chi connectivity index (χ4v) is 2.30. The maximum atomic E-state index is 4.34. The van der Waals surface area contributed by atoms with E-state index in [0.717, 1.165) is 24.0 Å². The second-order valence-corrected chi connectivity index (χ2v) is 4.57. The average molecular weight is 220 g/mol. The zero-order chi connectivity index (χ0) is 11.5. The van der Waals surface area contributed by atoms with Crippen molar-refractivity contribution in [3.05, 3.63) is 11.9 Å². The molecule has 2 rings (SSSR count). The predicted octanol–water partition coefficient (Wildman–Crippen LogP) is 2.29. The van der Waals surface area contributed by atoms with Gasteiger partial charge in [-0.3, -0.25) is 0 Å². The van der Waals surface area contributed by atoms with Gasteiger partial charge in [0.05, 0.1) is 0 Å². The molecule has 0 amide bonds. The summed E-state index contributed by atoms with van der Waals surface area (Å²) in [4.78, 5) is 8.58. The Kier molecular flexibility index (Phi) is 3.27. The first-order chi connectivity index (χ1) is 7.74. The number of nitrogens with one attached hydrogen (secondary N) is 2. The summed E-state index contributed by atoms with van der Waals surface area (Å²) < 4.78 is 0. The first-order valence-corrected chi connectivity index (χ1v) is 6.02. The van der Waals surface area contributed by atoms with Crippen molar-refractivity contribution in [2.75, 3.05) is 17.7 Å². The van der Waals surface area contributed by atoms with Crippen molar-refractivity contribution in [1.29, 1.82) is 0 Å². The van der Waals surface area contributed by atoms with Gasteiger partial charge in [0.15, 0.2) is 0 Å². The molecule has 0 unspecified atom stereocenters. The van der Waals surface area contributed by atoms with Crippen LogP contribution in [0.1, 0.15) is 32.3 Å². The Labute approximate surface area is 96.9 Å². The van der Waals surface area contributed by atoms with Gasteiger partial charge in [0.25, 0.3) is 0 Å². The SMILES string of the molecule is CCc1c(NC)ncnc1NC1CC(C)C1. The Bertz CT molecular complexity index is 358. The number of rotatable bonds is 4. The van der Waals surface area contributed by atoms with Crippen LogP contribution in [0.2, 0.25) is 0 Å². The first kappa shape index (κ1) is 11.2.